The number of halogens is 3. The third kappa shape index (κ3) is 3.90. The first kappa shape index (κ1) is 9.98. The number of hydrogen-bond donors (Lipinski definition) is 1. The molecule has 1 amide bonds. The summed E-state index contributed by atoms with van der Waals surface area (Å²) in [5.41, 5.74) is 0. The summed E-state index contributed by atoms with van der Waals surface area (Å²) in [7, 11) is 0. The predicted molar refractivity (Wildman–Crippen MR) is 39.1 cm³/mol. The van der Waals surface area contributed by atoms with Crippen molar-refractivity contribution in [2.24, 2.45) is 0 Å². The summed E-state index contributed by atoms with van der Waals surface area (Å²) in [6.07, 6.45) is 0. The summed E-state index contributed by atoms with van der Waals surface area (Å²) >= 11 is 10.7. The highest BCUT2D eigenvalue weighted by Gasteiger charge is 2.26. The van der Waals surface area contributed by atoms with Crippen molar-refractivity contribution in [2.45, 2.75) is 11.3 Å². The van der Waals surface area contributed by atoms with Crippen molar-refractivity contribution in [1.29, 1.82) is 0 Å². The van der Waals surface area contributed by atoms with Crippen molar-refractivity contribution in [1.82, 2.24) is 5.32 Å². The maximum atomic E-state index is 11.4. The van der Waals surface area contributed by atoms with Gasteiger partial charge in [-0.15, -0.1) is 0 Å². The van der Waals surface area contributed by atoms with Crippen LogP contribution in [0, 0.1) is 0 Å². The van der Waals surface area contributed by atoms with Crippen LogP contribution < -0.4 is 5.32 Å². The lowest BCUT2D eigenvalue weighted by Crippen LogP contribution is -2.37. The Morgan fingerprint density at radius 3 is 2.50 bits per heavy atom. The van der Waals surface area contributed by atoms with Crippen LogP contribution in [-0.2, 0) is 4.79 Å². The molecule has 0 aliphatic carbocycles. The Morgan fingerprint density at radius 1 is 1.70 bits per heavy atom. The van der Waals surface area contributed by atoms with E-state index in [4.69, 9.17) is 23.2 Å². The van der Waals surface area contributed by atoms with Gasteiger partial charge in [0.15, 0.2) is 4.33 Å². The number of alkyl halides is 3. The Labute approximate surface area is 68.7 Å². The van der Waals surface area contributed by atoms with E-state index in [0.717, 1.165) is 0 Å². The van der Waals surface area contributed by atoms with Crippen LogP contribution in [0.25, 0.3) is 0 Å². The van der Waals surface area contributed by atoms with Crippen LogP contribution in [-0.4, -0.2) is 23.5 Å². The predicted octanol–water partition coefficient (Wildman–Crippen LogP) is 1.27. The van der Waals surface area contributed by atoms with Crippen LogP contribution in [0.15, 0.2) is 0 Å². The maximum Gasteiger partial charge on any atom is 0.256 e. The first-order chi connectivity index (χ1) is 4.48. The van der Waals surface area contributed by atoms with Crippen LogP contribution in [0.2, 0.25) is 0 Å². The van der Waals surface area contributed by atoms with Crippen molar-refractivity contribution in [3.05, 3.63) is 0 Å². The molecule has 0 unspecified atom stereocenters. The van der Waals surface area contributed by atoms with E-state index >= 15 is 0 Å². The highest BCUT2D eigenvalue weighted by molar-refractivity contribution is 6.57. The molecule has 0 saturated heterocycles. The third-order valence-corrected chi connectivity index (χ3v) is 1.12. The quantitative estimate of drug-likeness (QED) is 0.663. The summed E-state index contributed by atoms with van der Waals surface area (Å²) in [5, 5.41) is 2.19. The largest absolute Gasteiger partial charge is 0.351 e. The molecule has 0 aliphatic heterocycles. The van der Waals surface area contributed by atoms with E-state index < -0.39 is 16.9 Å². The van der Waals surface area contributed by atoms with Crippen molar-refractivity contribution in [3.8, 4) is 0 Å². The molecule has 2 nitrogen and oxygen atoms in total. The average molecular weight is 188 g/mol. The summed E-state index contributed by atoms with van der Waals surface area (Å²) in [6, 6.07) is 0. The molecule has 1 N–H and O–H groups in total. The lowest BCUT2D eigenvalue weighted by molar-refractivity contribution is -0.121. The maximum absolute atomic E-state index is 11.4. The molecule has 0 radical (unpaired) electrons. The summed E-state index contributed by atoms with van der Waals surface area (Å²) in [6.45, 7) is 0.660. The van der Waals surface area contributed by atoms with Gasteiger partial charge >= 0.3 is 0 Å². The second-order valence-corrected chi connectivity index (χ2v) is 3.54. The topological polar surface area (TPSA) is 29.1 Å². The van der Waals surface area contributed by atoms with Gasteiger partial charge in [-0.1, -0.05) is 23.2 Å². The lowest BCUT2D eigenvalue weighted by Gasteiger charge is -2.11. The fourth-order valence-corrected chi connectivity index (χ4v) is 0.450. The summed E-state index contributed by atoms with van der Waals surface area (Å²) in [5.74, 6) is -0.575. The van der Waals surface area contributed by atoms with E-state index in [-0.39, 0.29) is 6.54 Å². The van der Waals surface area contributed by atoms with Crippen LogP contribution in [0.3, 0.4) is 0 Å². The molecule has 0 atom stereocenters. The van der Waals surface area contributed by atoms with Gasteiger partial charge in [0.2, 0.25) is 0 Å². The van der Waals surface area contributed by atoms with E-state index in [0.29, 0.717) is 0 Å². The summed E-state index contributed by atoms with van der Waals surface area (Å²) < 4.78 is 9.98. The Balaban J connectivity index is 3.64. The first-order valence-corrected chi connectivity index (χ1v) is 3.46. The normalized spacial score (nSPS) is 11.2. The second kappa shape index (κ2) is 3.98. The smallest absolute Gasteiger partial charge is 0.256 e. The van der Waals surface area contributed by atoms with Gasteiger partial charge in [-0.2, -0.15) is 0 Å². The number of hydrogen-bond acceptors (Lipinski definition) is 1. The Morgan fingerprint density at radius 2 is 2.20 bits per heavy atom. The first-order valence-electron chi connectivity index (χ1n) is 2.70. The Bertz CT molecular complexity index is 123. The monoisotopic (exact) mass is 187 g/mol. The van der Waals surface area contributed by atoms with Crippen LogP contribution in [0.5, 0.6) is 0 Å². The zero-order valence-electron chi connectivity index (χ0n) is 5.46. The average Bonchev–Trinajstić information content (AvgIpc) is 1.80. The molecule has 60 valence electrons. The van der Waals surface area contributed by atoms with Gasteiger partial charge in [0.1, 0.15) is 6.67 Å². The van der Waals surface area contributed by atoms with Crippen molar-refractivity contribution >= 4 is 29.1 Å². The number of carbonyl (C=O) groups excluding carboxylic acids is 1. The minimum absolute atomic E-state index is 0.0478. The van der Waals surface area contributed by atoms with Crippen molar-refractivity contribution < 1.29 is 9.18 Å². The molecule has 0 aromatic rings. The zero-order valence-corrected chi connectivity index (χ0v) is 6.97. The Kier molecular flexibility index (Phi) is 3.98. The van der Waals surface area contributed by atoms with Gasteiger partial charge in [0.25, 0.3) is 5.91 Å². The van der Waals surface area contributed by atoms with Crippen molar-refractivity contribution in [2.75, 3.05) is 13.2 Å². The standard InChI is InChI=1S/C5H8Cl2FNO/c1-5(6,7)4(10)9-3-2-8/h2-3H2,1H3,(H,9,10). The fraction of sp³-hybridized carbons (Fsp3) is 0.800. The molecule has 0 aromatic heterocycles. The highest BCUT2D eigenvalue weighted by Crippen LogP contribution is 2.18. The van der Waals surface area contributed by atoms with Crippen LogP contribution >= 0.6 is 23.2 Å². The molecule has 0 aliphatic rings. The van der Waals surface area contributed by atoms with Crippen LogP contribution in [0.4, 0.5) is 4.39 Å². The molecular weight excluding hydrogens is 180 g/mol. The molecular formula is C5H8Cl2FNO. The molecule has 0 bridgehead atoms. The van der Waals surface area contributed by atoms with E-state index in [9.17, 15) is 9.18 Å². The number of nitrogens with one attached hydrogen (secondary N) is 1. The number of carbonyl (C=O) groups is 1. The molecule has 0 aromatic carbocycles. The molecule has 10 heavy (non-hydrogen) atoms. The minimum atomic E-state index is -1.46. The van der Waals surface area contributed by atoms with Crippen molar-refractivity contribution in [3.63, 3.8) is 0 Å². The molecule has 0 spiro atoms. The fourth-order valence-electron chi connectivity index (χ4n) is 0.316. The van der Waals surface area contributed by atoms with E-state index in [2.05, 4.69) is 5.32 Å². The van der Waals surface area contributed by atoms with Gasteiger partial charge in [-0.05, 0) is 6.92 Å². The number of rotatable bonds is 3. The molecule has 0 rings (SSSR count). The molecule has 0 fully saturated rings. The molecule has 5 heteroatoms. The molecule has 0 heterocycles. The highest BCUT2D eigenvalue weighted by atomic mass is 35.5. The van der Waals surface area contributed by atoms with E-state index in [1.807, 2.05) is 0 Å². The van der Waals surface area contributed by atoms with Gasteiger partial charge < -0.3 is 5.32 Å². The lowest BCUT2D eigenvalue weighted by atomic mass is 10.4. The zero-order chi connectivity index (χ0) is 8.20. The minimum Gasteiger partial charge on any atom is -0.351 e. The SMILES string of the molecule is CC(Cl)(Cl)C(=O)NCCF. The van der Waals surface area contributed by atoms with Gasteiger partial charge in [0, 0.05) is 6.54 Å². The van der Waals surface area contributed by atoms with E-state index in [1.165, 1.54) is 6.92 Å². The Hall–Kier alpha value is -0.0200. The molecule has 0 saturated carbocycles. The second-order valence-electron chi connectivity index (χ2n) is 1.83. The number of amides is 1. The van der Waals surface area contributed by atoms with Gasteiger partial charge in [-0.25, -0.2) is 4.39 Å². The third-order valence-electron chi connectivity index (χ3n) is 0.779. The van der Waals surface area contributed by atoms with Gasteiger partial charge in [0.05, 0.1) is 0 Å². The van der Waals surface area contributed by atoms with E-state index in [1.54, 1.807) is 0 Å². The van der Waals surface area contributed by atoms with Gasteiger partial charge in [-0.3, -0.25) is 4.79 Å². The van der Waals surface area contributed by atoms with Crippen LogP contribution in [0.1, 0.15) is 6.92 Å². The summed E-state index contributed by atoms with van der Waals surface area (Å²) in [4.78, 5) is 10.7.